The molecule has 1 N–H and O–H groups in total. The van der Waals surface area contributed by atoms with Crippen molar-refractivity contribution in [2.45, 2.75) is 39.3 Å². The van der Waals surface area contributed by atoms with Gasteiger partial charge in [0.15, 0.2) is 5.82 Å². The molecule has 2 aromatic heterocycles. The van der Waals surface area contributed by atoms with Crippen molar-refractivity contribution in [3.63, 3.8) is 0 Å². The first-order valence-corrected chi connectivity index (χ1v) is 10.3. The lowest BCUT2D eigenvalue weighted by atomic mass is 10.1. The van der Waals surface area contributed by atoms with E-state index in [0.29, 0.717) is 6.54 Å². The zero-order chi connectivity index (χ0) is 19.8. The fourth-order valence-electron chi connectivity index (χ4n) is 4.00. The van der Waals surface area contributed by atoms with Crippen molar-refractivity contribution >= 4 is 17.4 Å². The molecule has 5 rings (SSSR count). The second-order valence-corrected chi connectivity index (χ2v) is 8.04. The van der Waals surface area contributed by atoms with Gasteiger partial charge in [0.2, 0.25) is 5.91 Å². The molecule has 3 aromatic rings. The van der Waals surface area contributed by atoms with Crippen LogP contribution in [0.5, 0.6) is 0 Å². The molecule has 0 radical (unpaired) electrons. The number of carbonyl (C=O) groups excluding carboxylic acids is 1. The predicted octanol–water partition coefficient (Wildman–Crippen LogP) is 4.00. The number of nitrogens with one attached hydrogen (secondary N) is 1. The molecule has 1 aliphatic carbocycles. The molecule has 29 heavy (non-hydrogen) atoms. The highest BCUT2D eigenvalue weighted by Gasteiger charge is 2.29. The van der Waals surface area contributed by atoms with Crippen LogP contribution in [0.4, 0.5) is 11.5 Å². The zero-order valence-corrected chi connectivity index (χ0v) is 16.6. The summed E-state index contributed by atoms with van der Waals surface area (Å²) in [4.78, 5) is 18.1. The van der Waals surface area contributed by atoms with Gasteiger partial charge in [0.25, 0.3) is 0 Å². The van der Waals surface area contributed by atoms with Crippen LogP contribution in [0, 0.1) is 5.92 Å². The third-order valence-electron chi connectivity index (χ3n) is 5.83. The van der Waals surface area contributed by atoms with Gasteiger partial charge in [-0.05, 0) is 42.5 Å². The zero-order valence-electron chi connectivity index (χ0n) is 16.6. The summed E-state index contributed by atoms with van der Waals surface area (Å²) in [5.74, 6) is 1.75. The lowest BCUT2D eigenvalue weighted by Gasteiger charge is -2.26. The van der Waals surface area contributed by atoms with Gasteiger partial charge in [-0.25, -0.2) is 0 Å². The number of aromatic nitrogens is 3. The molecule has 0 bridgehead atoms. The van der Waals surface area contributed by atoms with Crippen LogP contribution in [-0.2, 0) is 24.3 Å². The Hall–Kier alpha value is -3.15. The third kappa shape index (κ3) is 3.75. The lowest BCUT2D eigenvalue weighted by Crippen LogP contribution is -2.34. The van der Waals surface area contributed by atoms with Gasteiger partial charge in [-0.1, -0.05) is 18.2 Å². The van der Waals surface area contributed by atoms with E-state index in [1.807, 2.05) is 23.2 Å². The number of anilines is 2. The molecular formula is C23H25N5O. The van der Waals surface area contributed by atoms with Gasteiger partial charge < -0.3 is 10.2 Å². The summed E-state index contributed by atoms with van der Waals surface area (Å²) < 4.78 is 2.18. The van der Waals surface area contributed by atoms with Crippen molar-refractivity contribution in [1.29, 1.82) is 0 Å². The van der Waals surface area contributed by atoms with Gasteiger partial charge in [0.05, 0.1) is 6.54 Å². The van der Waals surface area contributed by atoms with Crippen LogP contribution >= 0.6 is 0 Å². The van der Waals surface area contributed by atoms with Gasteiger partial charge in [0, 0.05) is 61.3 Å². The van der Waals surface area contributed by atoms with Gasteiger partial charge in [0.1, 0.15) is 0 Å². The minimum absolute atomic E-state index is 0.120. The van der Waals surface area contributed by atoms with Gasteiger partial charge >= 0.3 is 0 Å². The molecule has 148 valence electrons. The Morgan fingerprint density at radius 2 is 2.07 bits per heavy atom. The van der Waals surface area contributed by atoms with Gasteiger partial charge in [-0.2, -0.15) is 5.10 Å². The number of rotatable bonds is 5. The van der Waals surface area contributed by atoms with Crippen LogP contribution in [0.1, 0.15) is 31.0 Å². The maximum Gasteiger partial charge on any atom is 0.219 e. The Labute approximate surface area is 170 Å². The molecule has 3 heterocycles. The van der Waals surface area contributed by atoms with Crippen LogP contribution in [0.15, 0.2) is 48.8 Å². The average molecular weight is 387 g/mol. The topological polar surface area (TPSA) is 63.1 Å². The Morgan fingerprint density at radius 3 is 2.83 bits per heavy atom. The fraction of sp³-hybridized carbons (Fsp3) is 0.348. The van der Waals surface area contributed by atoms with Crippen molar-refractivity contribution < 1.29 is 4.79 Å². The molecule has 0 saturated heterocycles. The maximum atomic E-state index is 11.9. The highest BCUT2D eigenvalue weighted by Crippen LogP contribution is 2.34. The second-order valence-electron chi connectivity index (χ2n) is 8.04. The fourth-order valence-corrected chi connectivity index (χ4v) is 4.00. The van der Waals surface area contributed by atoms with E-state index in [9.17, 15) is 4.79 Å². The first kappa shape index (κ1) is 17.9. The van der Waals surface area contributed by atoms with Gasteiger partial charge in [-0.15, -0.1) is 0 Å². The minimum Gasteiger partial charge on any atom is -0.338 e. The minimum atomic E-state index is 0.120. The van der Waals surface area contributed by atoms with Crippen molar-refractivity contribution in [1.82, 2.24) is 19.7 Å². The number of hydrogen-bond donors (Lipinski definition) is 1. The van der Waals surface area contributed by atoms with E-state index in [4.69, 9.17) is 5.10 Å². The molecule has 6 heteroatoms. The molecule has 0 atom stereocenters. The number of pyridine rings is 1. The molecule has 1 aromatic carbocycles. The van der Waals surface area contributed by atoms with E-state index in [2.05, 4.69) is 39.2 Å². The molecular weight excluding hydrogens is 362 g/mol. The van der Waals surface area contributed by atoms with Crippen LogP contribution in [0.25, 0.3) is 11.1 Å². The number of hydrogen-bond acceptors (Lipinski definition) is 4. The first-order valence-electron chi connectivity index (χ1n) is 10.3. The molecule has 1 aliphatic heterocycles. The Balaban J connectivity index is 1.46. The summed E-state index contributed by atoms with van der Waals surface area (Å²) in [6, 6.07) is 12.3. The number of amides is 1. The number of nitrogens with zero attached hydrogens (tertiary/aromatic N) is 4. The smallest absolute Gasteiger partial charge is 0.219 e. The summed E-state index contributed by atoms with van der Waals surface area (Å²) >= 11 is 0. The average Bonchev–Trinajstić information content (AvgIpc) is 3.51. The van der Waals surface area contributed by atoms with E-state index >= 15 is 0 Å². The van der Waals surface area contributed by atoms with E-state index in [1.165, 1.54) is 18.5 Å². The number of fused-ring (bicyclic) bond motifs is 1. The van der Waals surface area contributed by atoms with Crippen LogP contribution < -0.4 is 5.32 Å². The monoisotopic (exact) mass is 387 g/mol. The van der Waals surface area contributed by atoms with Crippen molar-refractivity contribution in [2.24, 2.45) is 5.92 Å². The van der Waals surface area contributed by atoms with E-state index in [0.717, 1.165) is 53.6 Å². The van der Waals surface area contributed by atoms with E-state index in [1.54, 1.807) is 13.1 Å². The molecule has 2 aliphatic rings. The van der Waals surface area contributed by atoms with Crippen molar-refractivity contribution in [2.75, 3.05) is 11.9 Å². The predicted molar refractivity (Wildman–Crippen MR) is 113 cm³/mol. The molecule has 1 amide bonds. The van der Waals surface area contributed by atoms with Crippen LogP contribution in [-0.4, -0.2) is 32.1 Å². The molecule has 1 fully saturated rings. The Morgan fingerprint density at radius 1 is 1.21 bits per heavy atom. The summed E-state index contributed by atoms with van der Waals surface area (Å²) in [5, 5.41) is 8.44. The van der Waals surface area contributed by atoms with Crippen LogP contribution in [0.3, 0.4) is 0 Å². The molecule has 6 nitrogen and oxygen atoms in total. The Kier molecular flexibility index (Phi) is 4.54. The third-order valence-corrected chi connectivity index (χ3v) is 5.83. The Bertz CT molecular complexity index is 1040. The summed E-state index contributed by atoms with van der Waals surface area (Å²) in [5.41, 5.74) is 5.62. The normalized spacial score (nSPS) is 15.8. The number of benzene rings is 1. The van der Waals surface area contributed by atoms with Crippen LogP contribution in [0.2, 0.25) is 0 Å². The summed E-state index contributed by atoms with van der Waals surface area (Å²) in [7, 11) is 0. The number of carbonyl (C=O) groups is 1. The SMILES string of the molecule is CC(=O)N1CCc2c(c(Nc3cccc(-c4cccnc4)c3)nn2CC2CC2)C1. The quantitative estimate of drug-likeness (QED) is 0.719. The molecule has 0 spiro atoms. The molecule has 1 saturated carbocycles. The summed E-state index contributed by atoms with van der Waals surface area (Å²) in [6.45, 7) is 4.03. The standard InChI is InChI=1S/C23H25N5O/c1-16(29)27-11-9-22-21(15-27)23(26-28(22)14-17-7-8-17)25-20-6-2-4-18(12-20)19-5-3-10-24-13-19/h2-6,10,12-13,17H,7-9,11,14-15H2,1H3,(H,25,26). The second kappa shape index (κ2) is 7.35. The van der Waals surface area contributed by atoms with E-state index in [-0.39, 0.29) is 5.91 Å². The highest BCUT2D eigenvalue weighted by atomic mass is 16.2. The highest BCUT2D eigenvalue weighted by molar-refractivity contribution is 5.75. The maximum absolute atomic E-state index is 11.9. The van der Waals surface area contributed by atoms with Crippen molar-refractivity contribution in [3.8, 4) is 11.1 Å². The van der Waals surface area contributed by atoms with Crippen molar-refractivity contribution in [3.05, 3.63) is 60.0 Å². The first-order chi connectivity index (χ1) is 14.2. The summed E-state index contributed by atoms with van der Waals surface area (Å²) in [6.07, 6.45) is 7.11. The van der Waals surface area contributed by atoms with E-state index < -0.39 is 0 Å². The molecule has 0 unspecified atom stereocenters. The largest absolute Gasteiger partial charge is 0.338 e. The van der Waals surface area contributed by atoms with Gasteiger partial charge in [-0.3, -0.25) is 14.5 Å². The lowest BCUT2D eigenvalue weighted by molar-refractivity contribution is -0.129.